The van der Waals surface area contributed by atoms with E-state index in [1.165, 1.54) is 13.4 Å². The lowest BCUT2D eigenvalue weighted by atomic mass is 9.64. The highest BCUT2D eigenvalue weighted by Gasteiger charge is 2.46. The Balaban J connectivity index is 1.58. The molecule has 3 aromatic rings. The van der Waals surface area contributed by atoms with Gasteiger partial charge in [0.15, 0.2) is 0 Å². The highest BCUT2D eigenvalue weighted by Crippen LogP contribution is 2.45. The quantitative estimate of drug-likeness (QED) is 0.502. The number of ether oxygens (including phenoxy) is 1. The van der Waals surface area contributed by atoms with Crippen LogP contribution in [0.15, 0.2) is 41.1 Å². The van der Waals surface area contributed by atoms with Gasteiger partial charge in [-0.25, -0.2) is 9.97 Å². The number of methoxy groups -OCH3 is 1. The Bertz CT molecular complexity index is 1010. The third kappa shape index (κ3) is 3.22. The van der Waals surface area contributed by atoms with Crippen LogP contribution in [-0.4, -0.2) is 28.2 Å². The zero-order chi connectivity index (χ0) is 19.7. The summed E-state index contributed by atoms with van der Waals surface area (Å²) in [5.41, 5.74) is 3.39. The summed E-state index contributed by atoms with van der Waals surface area (Å²) in [7, 11) is 1.44. The summed E-state index contributed by atoms with van der Waals surface area (Å²) in [5, 5.41) is 7.21. The number of rotatable bonds is 5. The Morgan fingerprint density at radius 2 is 2.00 bits per heavy atom. The minimum Gasteiger partial charge on any atom is -0.468 e. The van der Waals surface area contributed by atoms with Crippen molar-refractivity contribution in [2.75, 3.05) is 12.4 Å². The lowest BCUT2D eigenvalue weighted by Crippen LogP contribution is -2.43. The van der Waals surface area contributed by atoms with Gasteiger partial charge < -0.3 is 14.6 Å². The van der Waals surface area contributed by atoms with Crippen molar-refractivity contribution in [1.29, 1.82) is 0 Å². The molecule has 0 bridgehead atoms. The van der Waals surface area contributed by atoms with Crippen LogP contribution in [0.5, 0.6) is 0 Å². The Morgan fingerprint density at radius 1 is 1.25 bits per heavy atom. The Kier molecular flexibility index (Phi) is 4.77. The summed E-state index contributed by atoms with van der Waals surface area (Å²) in [5.74, 6) is 0.380. The molecule has 144 valence electrons. The van der Waals surface area contributed by atoms with Gasteiger partial charge in [0.05, 0.1) is 29.5 Å². The van der Waals surface area contributed by atoms with E-state index in [4.69, 9.17) is 20.9 Å². The molecule has 1 aliphatic rings. The molecule has 0 spiro atoms. The van der Waals surface area contributed by atoms with Crippen molar-refractivity contribution < 1.29 is 14.1 Å². The third-order valence-electron chi connectivity index (χ3n) is 5.22. The summed E-state index contributed by atoms with van der Waals surface area (Å²) in [6, 6.07) is 9.51. The average molecular weight is 399 g/mol. The normalized spacial score (nSPS) is 15.0. The van der Waals surface area contributed by atoms with Gasteiger partial charge in [0.1, 0.15) is 12.1 Å². The van der Waals surface area contributed by atoms with Crippen LogP contribution >= 0.6 is 11.6 Å². The smallest absolute Gasteiger partial charge is 0.316 e. The minimum absolute atomic E-state index is 0.122. The molecule has 1 aromatic carbocycles. The van der Waals surface area contributed by atoms with Crippen molar-refractivity contribution in [3.05, 3.63) is 53.1 Å². The molecule has 0 saturated heterocycles. The number of hydrogen-bond acceptors (Lipinski definition) is 7. The number of benzene rings is 1. The Hall–Kier alpha value is -2.93. The van der Waals surface area contributed by atoms with Crippen molar-refractivity contribution in [3.8, 4) is 11.3 Å². The third-order valence-corrected chi connectivity index (χ3v) is 5.39. The standard InChI is InChI=1S/C20H19ClN4O3/c1-12-15(11-28-25-12)16-10-17(24-19(21)23-16)22-14-6-4-13(5-7-14)20(8-3-9-20)18(26)27-2/h4-7,10-11H,3,8-9H2,1-2H3,(H,22,23,24). The molecule has 1 fully saturated rings. The monoisotopic (exact) mass is 398 g/mol. The van der Waals surface area contributed by atoms with Gasteiger partial charge in [0, 0.05) is 11.8 Å². The summed E-state index contributed by atoms with van der Waals surface area (Å²) in [6.45, 7) is 1.83. The Labute approximate surface area is 167 Å². The van der Waals surface area contributed by atoms with Crippen LogP contribution in [0.2, 0.25) is 5.28 Å². The molecule has 28 heavy (non-hydrogen) atoms. The second kappa shape index (κ2) is 7.24. The van der Waals surface area contributed by atoms with Crippen LogP contribution in [0, 0.1) is 6.92 Å². The fraction of sp³-hybridized carbons (Fsp3) is 0.300. The van der Waals surface area contributed by atoms with Crippen molar-refractivity contribution in [2.24, 2.45) is 0 Å². The summed E-state index contributed by atoms with van der Waals surface area (Å²) in [6.07, 6.45) is 4.18. The zero-order valence-corrected chi connectivity index (χ0v) is 16.3. The van der Waals surface area contributed by atoms with E-state index < -0.39 is 5.41 Å². The van der Waals surface area contributed by atoms with E-state index in [1.807, 2.05) is 31.2 Å². The van der Waals surface area contributed by atoms with Crippen LogP contribution in [0.1, 0.15) is 30.5 Å². The summed E-state index contributed by atoms with van der Waals surface area (Å²) >= 11 is 6.08. The number of hydrogen-bond donors (Lipinski definition) is 1. The molecular formula is C20H19ClN4O3. The molecule has 7 nitrogen and oxygen atoms in total. The number of halogens is 1. The number of carbonyl (C=O) groups is 1. The van der Waals surface area contributed by atoms with Crippen molar-refractivity contribution in [2.45, 2.75) is 31.6 Å². The van der Waals surface area contributed by atoms with Crippen LogP contribution in [0.3, 0.4) is 0 Å². The fourth-order valence-corrected chi connectivity index (χ4v) is 3.70. The van der Waals surface area contributed by atoms with E-state index in [1.54, 1.807) is 6.07 Å². The van der Waals surface area contributed by atoms with E-state index in [9.17, 15) is 4.79 Å². The average Bonchev–Trinajstić information content (AvgIpc) is 3.07. The number of nitrogens with zero attached hydrogens (tertiary/aromatic N) is 3. The Morgan fingerprint density at radius 3 is 2.57 bits per heavy atom. The maximum absolute atomic E-state index is 12.2. The molecule has 1 saturated carbocycles. The summed E-state index contributed by atoms with van der Waals surface area (Å²) in [4.78, 5) is 20.7. The maximum Gasteiger partial charge on any atom is 0.316 e. The number of nitrogens with one attached hydrogen (secondary N) is 1. The molecule has 2 heterocycles. The van der Waals surface area contributed by atoms with Crippen molar-refractivity contribution in [3.63, 3.8) is 0 Å². The van der Waals surface area contributed by atoms with E-state index in [-0.39, 0.29) is 11.3 Å². The van der Waals surface area contributed by atoms with Gasteiger partial charge in [-0.3, -0.25) is 4.79 Å². The summed E-state index contributed by atoms with van der Waals surface area (Å²) < 4.78 is 9.99. The lowest BCUT2D eigenvalue weighted by Gasteiger charge is -2.39. The first-order valence-corrected chi connectivity index (χ1v) is 9.31. The number of carbonyl (C=O) groups excluding carboxylic acids is 1. The van der Waals surface area contributed by atoms with E-state index in [0.717, 1.165) is 41.8 Å². The predicted octanol–water partition coefficient (Wildman–Crippen LogP) is 4.43. The molecule has 4 rings (SSSR count). The highest BCUT2D eigenvalue weighted by molar-refractivity contribution is 6.28. The maximum atomic E-state index is 12.2. The van der Waals surface area contributed by atoms with Crippen LogP contribution in [-0.2, 0) is 14.9 Å². The molecule has 0 aliphatic heterocycles. The molecule has 1 aliphatic carbocycles. The molecular weight excluding hydrogens is 380 g/mol. The van der Waals surface area contributed by atoms with Gasteiger partial charge in [0.25, 0.3) is 0 Å². The van der Waals surface area contributed by atoms with Gasteiger partial charge in [-0.1, -0.05) is 23.7 Å². The number of aromatic nitrogens is 3. The number of aryl methyl sites for hydroxylation is 1. The highest BCUT2D eigenvalue weighted by atomic mass is 35.5. The number of esters is 1. The molecule has 0 unspecified atom stereocenters. The largest absolute Gasteiger partial charge is 0.468 e. The van der Waals surface area contributed by atoms with Gasteiger partial charge in [-0.15, -0.1) is 0 Å². The van der Waals surface area contributed by atoms with E-state index >= 15 is 0 Å². The van der Waals surface area contributed by atoms with Crippen LogP contribution in [0.25, 0.3) is 11.3 Å². The zero-order valence-electron chi connectivity index (χ0n) is 15.5. The van der Waals surface area contributed by atoms with Crippen LogP contribution in [0.4, 0.5) is 11.5 Å². The van der Waals surface area contributed by atoms with Crippen molar-refractivity contribution in [1.82, 2.24) is 15.1 Å². The molecule has 0 amide bonds. The molecule has 2 aromatic heterocycles. The first-order valence-electron chi connectivity index (χ1n) is 8.94. The number of anilines is 2. The van der Waals surface area contributed by atoms with Gasteiger partial charge >= 0.3 is 5.97 Å². The topological polar surface area (TPSA) is 90.1 Å². The van der Waals surface area contributed by atoms with Gasteiger partial charge in [-0.05, 0) is 49.1 Å². The predicted molar refractivity (Wildman–Crippen MR) is 105 cm³/mol. The lowest BCUT2D eigenvalue weighted by molar-refractivity contribution is -0.151. The molecule has 0 atom stereocenters. The van der Waals surface area contributed by atoms with E-state index in [0.29, 0.717) is 11.5 Å². The SMILES string of the molecule is COC(=O)C1(c2ccc(Nc3cc(-c4conc4C)nc(Cl)n3)cc2)CCC1. The van der Waals surface area contributed by atoms with E-state index in [2.05, 4.69) is 20.4 Å². The van der Waals surface area contributed by atoms with Gasteiger partial charge in [-0.2, -0.15) is 0 Å². The molecule has 8 heteroatoms. The molecule has 0 radical (unpaired) electrons. The molecule has 1 N–H and O–H groups in total. The fourth-order valence-electron chi connectivity index (χ4n) is 3.51. The second-order valence-corrected chi connectivity index (χ2v) is 7.19. The van der Waals surface area contributed by atoms with Crippen LogP contribution < -0.4 is 5.32 Å². The first kappa shape index (κ1) is 18.4. The van der Waals surface area contributed by atoms with Gasteiger partial charge in [0.2, 0.25) is 5.28 Å². The van der Waals surface area contributed by atoms with Crippen molar-refractivity contribution >= 4 is 29.1 Å². The second-order valence-electron chi connectivity index (χ2n) is 6.85. The first-order chi connectivity index (χ1) is 13.5. The minimum atomic E-state index is -0.509.